The lowest BCUT2D eigenvalue weighted by atomic mass is 10.1. The molecule has 0 spiro atoms. The third-order valence-electron chi connectivity index (χ3n) is 3.09. The number of amides is 2. The summed E-state index contributed by atoms with van der Waals surface area (Å²) in [7, 11) is 0. The van der Waals surface area contributed by atoms with E-state index in [1.54, 1.807) is 4.90 Å². The second-order valence-electron chi connectivity index (χ2n) is 4.49. The molecule has 18 heavy (non-hydrogen) atoms. The molecule has 0 radical (unpaired) electrons. The lowest BCUT2D eigenvalue weighted by Gasteiger charge is -2.20. The normalized spacial score (nSPS) is 16.4. The molecule has 1 aromatic carbocycles. The third-order valence-corrected chi connectivity index (χ3v) is 3.09. The van der Waals surface area contributed by atoms with Gasteiger partial charge in [-0.2, -0.15) is 0 Å². The van der Waals surface area contributed by atoms with Crippen LogP contribution in [0.15, 0.2) is 24.3 Å². The summed E-state index contributed by atoms with van der Waals surface area (Å²) in [5.41, 5.74) is 2.15. The maximum Gasteiger partial charge on any atom is 0.246 e. The van der Waals surface area contributed by atoms with Gasteiger partial charge in [-0.25, -0.2) is 0 Å². The zero-order valence-corrected chi connectivity index (χ0v) is 10.6. The van der Waals surface area contributed by atoms with Gasteiger partial charge in [0.1, 0.15) is 0 Å². The number of hydrogen-bond acceptors (Lipinski definition) is 2. The standard InChI is InChI=1S/C14H18N2O2/c1-2-3-11-4-6-12(7-5-11)16-9-8-13(17)15-10-14(16)18/h4-7H,2-3,8-10H2,1H3,(H,15,17). The summed E-state index contributed by atoms with van der Waals surface area (Å²) in [6, 6.07) is 8.01. The fourth-order valence-corrected chi connectivity index (χ4v) is 2.10. The van der Waals surface area contributed by atoms with E-state index < -0.39 is 0 Å². The Bertz CT molecular complexity index is 440. The van der Waals surface area contributed by atoms with Crippen LogP contribution in [-0.4, -0.2) is 24.9 Å². The van der Waals surface area contributed by atoms with Crippen LogP contribution in [0.2, 0.25) is 0 Å². The number of rotatable bonds is 3. The molecular formula is C14H18N2O2. The van der Waals surface area contributed by atoms with E-state index in [2.05, 4.69) is 12.2 Å². The van der Waals surface area contributed by atoms with Crippen molar-refractivity contribution in [2.45, 2.75) is 26.2 Å². The zero-order valence-electron chi connectivity index (χ0n) is 10.6. The Labute approximate surface area is 107 Å². The zero-order chi connectivity index (χ0) is 13.0. The molecule has 0 atom stereocenters. The molecule has 96 valence electrons. The molecule has 0 bridgehead atoms. The SMILES string of the molecule is CCCc1ccc(N2CCC(=O)NCC2=O)cc1. The predicted molar refractivity (Wildman–Crippen MR) is 70.4 cm³/mol. The molecule has 1 aromatic rings. The molecule has 0 saturated carbocycles. The Balaban J connectivity index is 2.14. The van der Waals surface area contributed by atoms with Crippen molar-refractivity contribution < 1.29 is 9.59 Å². The summed E-state index contributed by atoms with van der Waals surface area (Å²) in [6.45, 7) is 2.69. The number of anilines is 1. The van der Waals surface area contributed by atoms with Gasteiger partial charge in [-0.1, -0.05) is 25.5 Å². The monoisotopic (exact) mass is 246 g/mol. The van der Waals surface area contributed by atoms with Crippen LogP contribution in [0.4, 0.5) is 5.69 Å². The number of hydrogen-bond donors (Lipinski definition) is 1. The van der Waals surface area contributed by atoms with Gasteiger partial charge in [0, 0.05) is 18.7 Å². The summed E-state index contributed by atoms with van der Waals surface area (Å²) in [5.74, 6) is -0.113. The van der Waals surface area contributed by atoms with Gasteiger partial charge < -0.3 is 10.2 Å². The summed E-state index contributed by atoms with van der Waals surface area (Å²) in [6.07, 6.45) is 2.52. The molecule has 1 aliphatic rings. The predicted octanol–water partition coefficient (Wildman–Crippen LogP) is 1.49. The van der Waals surface area contributed by atoms with Crippen LogP contribution in [-0.2, 0) is 16.0 Å². The first-order valence-corrected chi connectivity index (χ1v) is 6.36. The second-order valence-corrected chi connectivity index (χ2v) is 4.49. The van der Waals surface area contributed by atoms with Crippen molar-refractivity contribution in [1.82, 2.24) is 5.32 Å². The van der Waals surface area contributed by atoms with Crippen molar-refractivity contribution in [3.05, 3.63) is 29.8 Å². The highest BCUT2D eigenvalue weighted by Gasteiger charge is 2.21. The van der Waals surface area contributed by atoms with Gasteiger partial charge in [0.15, 0.2) is 0 Å². The Morgan fingerprint density at radius 3 is 2.61 bits per heavy atom. The fourth-order valence-electron chi connectivity index (χ4n) is 2.10. The summed E-state index contributed by atoms with van der Waals surface area (Å²) in [4.78, 5) is 24.8. The van der Waals surface area contributed by atoms with Crippen LogP contribution in [0.1, 0.15) is 25.3 Å². The molecule has 0 aromatic heterocycles. The maximum absolute atomic E-state index is 11.9. The van der Waals surface area contributed by atoms with Gasteiger partial charge in [-0.15, -0.1) is 0 Å². The average Bonchev–Trinajstić information content (AvgIpc) is 2.54. The van der Waals surface area contributed by atoms with Crippen molar-refractivity contribution >= 4 is 17.5 Å². The molecule has 0 unspecified atom stereocenters. The minimum Gasteiger partial charge on any atom is -0.347 e. The minimum atomic E-state index is -0.0616. The third kappa shape index (κ3) is 2.88. The van der Waals surface area contributed by atoms with Crippen molar-refractivity contribution in [2.75, 3.05) is 18.0 Å². The van der Waals surface area contributed by atoms with Gasteiger partial charge in [-0.05, 0) is 24.1 Å². The highest BCUT2D eigenvalue weighted by molar-refractivity contribution is 5.98. The van der Waals surface area contributed by atoms with Crippen molar-refractivity contribution in [3.8, 4) is 0 Å². The van der Waals surface area contributed by atoms with Gasteiger partial charge in [-0.3, -0.25) is 9.59 Å². The topological polar surface area (TPSA) is 49.4 Å². The summed E-state index contributed by atoms with van der Waals surface area (Å²) in [5, 5.41) is 2.60. The molecule has 2 amide bonds. The number of nitrogens with zero attached hydrogens (tertiary/aromatic N) is 1. The van der Waals surface area contributed by atoms with Crippen molar-refractivity contribution in [1.29, 1.82) is 0 Å². The van der Waals surface area contributed by atoms with Crippen LogP contribution < -0.4 is 10.2 Å². The van der Waals surface area contributed by atoms with Crippen LogP contribution in [0, 0.1) is 0 Å². The Morgan fingerprint density at radius 2 is 1.94 bits per heavy atom. The van der Waals surface area contributed by atoms with E-state index in [0.29, 0.717) is 13.0 Å². The molecule has 1 N–H and O–H groups in total. The van der Waals surface area contributed by atoms with E-state index in [1.807, 2.05) is 24.3 Å². The highest BCUT2D eigenvalue weighted by Crippen LogP contribution is 2.17. The Hall–Kier alpha value is -1.84. The molecule has 1 saturated heterocycles. The fraction of sp³-hybridized carbons (Fsp3) is 0.429. The van der Waals surface area contributed by atoms with E-state index in [0.717, 1.165) is 18.5 Å². The van der Waals surface area contributed by atoms with Gasteiger partial charge in [0.05, 0.1) is 6.54 Å². The highest BCUT2D eigenvalue weighted by atomic mass is 16.2. The molecular weight excluding hydrogens is 228 g/mol. The Morgan fingerprint density at radius 1 is 1.22 bits per heavy atom. The van der Waals surface area contributed by atoms with E-state index in [1.165, 1.54) is 5.56 Å². The molecule has 1 heterocycles. The van der Waals surface area contributed by atoms with Crippen molar-refractivity contribution in [3.63, 3.8) is 0 Å². The number of nitrogens with one attached hydrogen (secondary N) is 1. The molecule has 4 nitrogen and oxygen atoms in total. The van der Waals surface area contributed by atoms with Crippen LogP contribution >= 0.6 is 0 Å². The Kier molecular flexibility index (Phi) is 3.97. The average molecular weight is 246 g/mol. The first-order valence-electron chi connectivity index (χ1n) is 6.36. The lowest BCUT2D eigenvalue weighted by molar-refractivity contribution is -0.123. The molecule has 1 fully saturated rings. The minimum absolute atomic E-state index is 0.0518. The van der Waals surface area contributed by atoms with Gasteiger partial charge in [0.25, 0.3) is 0 Å². The smallest absolute Gasteiger partial charge is 0.246 e. The van der Waals surface area contributed by atoms with Gasteiger partial charge in [0.2, 0.25) is 11.8 Å². The number of carbonyl (C=O) groups excluding carboxylic acids is 2. The maximum atomic E-state index is 11.9. The van der Waals surface area contributed by atoms with Crippen LogP contribution in [0.3, 0.4) is 0 Å². The van der Waals surface area contributed by atoms with Crippen molar-refractivity contribution in [2.24, 2.45) is 0 Å². The van der Waals surface area contributed by atoms with Crippen LogP contribution in [0.5, 0.6) is 0 Å². The molecule has 4 heteroatoms. The van der Waals surface area contributed by atoms with E-state index in [4.69, 9.17) is 0 Å². The van der Waals surface area contributed by atoms with Gasteiger partial charge >= 0.3 is 0 Å². The number of carbonyl (C=O) groups is 2. The molecule has 2 rings (SSSR count). The van der Waals surface area contributed by atoms with E-state index >= 15 is 0 Å². The second kappa shape index (κ2) is 5.67. The summed E-state index contributed by atoms with van der Waals surface area (Å²) >= 11 is 0. The first-order chi connectivity index (χ1) is 8.70. The largest absolute Gasteiger partial charge is 0.347 e. The van der Waals surface area contributed by atoms with E-state index in [-0.39, 0.29) is 18.4 Å². The number of benzene rings is 1. The van der Waals surface area contributed by atoms with E-state index in [9.17, 15) is 9.59 Å². The molecule has 1 aliphatic heterocycles. The van der Waals surface area contributed by atoms with Crippen LogP contribution in [0.25, 0.3) is 0 Å². The molecule has 0 aliphatic carbocycles. The number of aryl methyl sites for hydroxylation is 1. The summed E-state index contributed by atoms with van der Waals surface area (Å²) < 4.78 is 0. The first kappa shape index (κ1) is 12.6. The lowest BCUT2D eigenvalue weighted by Crippen LogP contribution is -2.35. The quantitative estimate of drug-likeness (QED) is 0.878.